The second kappa shape index (κ2) is 5.92. The van der Waals surface area contributed by atoms with Crippen LogP contribution in [0.3, 0.4) is 0 Å². The van der Waals surface area contributed by atoms with Gasteiger partial charge in [-0.15, -0.1) is 0 Å². The van der Waals surface area contributed by atoms with Crippen molar-refractivity contribution in [2.45, 2.75) is 6.54 Å². The first kappa shape index (κ1) is 14.8. The van der Waals surface area contributed by atoms with Gasteiger partial charge in [-0.05, 0) is 74.4 Å². The maximum Gasteiger partial charge on any atom is 0.265 e. The van der Waals surface area contributed by atoms with Gasteiger partial charge in [-0.3, -0.25) is 4.79 Å². The van der Waals surface area contributed by atoms with E-state index in [0.717, 1.165) is 14.8 Å². The second-order valence-electron chi connectivity index (χ2n) is 4.63. The third-order valence-corrected chi connectivity index (χ3v) is 4.47. The number of benzene rings is 2. The molecule has 0 saturated carbocycles. The molecule has 21 heavy (non-hydrogen) atoms. The molecule has 0 saturated heterocycles. The topological polar surface area (TPSA) is 29.5 Å². The highest BCUT2D eigenvalue weighted by atomic mass is 127. The zero-order valence-electron chi connectivity index (χ0n) is 10.8. The number of anilines is 1. The highest BCUT2D eigenvalue weighted by Crippen LogP contribution is 2.34. The number of carbonyl (C=O) groups is 1. The molecule has 108 valence electrons. The Kier molecular flexibility index (Phi) is 4.17. The van der Waals surface area contributed by atoms with Crippen molar-refractivity contribution in [2.75, 3.05) is 11.5 Å². The fraction of sp³-hybridized carbons (Fsp3) is 0.133. The Bertz CT molecular complexity index is 723. The minimum Gasteiger partial charge on any atom is -0.482 e. The summed E-state index contributed by atoms with van der Waals surface area (Å²) in [6.07, 6.45) is 0. The molecule has 0 radical (unpaired) electrons. The summed E-state index contributed by atoms with van der Waals surface area (Å²) in [6.45, 7) is 0.407. The van der Waals surface area contributed by atoms with Crippen molar-refractivity contribution in [2.24, 2.45) is 0 Å². The van der Waals surface area contributed by atoms with Crippen LogP contribution in [0.5, 0.6) is 5.75 Å². The van der Waals surface area contributed by atoms with Crippen LogP contribution in [0.2, 0.25) is 0 Å². The number of rotatable bonds is 2. The summed E-state index contributed by atoms with van der Waals surface area (Å²) in [4.78, 5) is 13.8. The van der Waals surface area contributed by atoms with E-state index in [9.17, 15) is 9.18 Å². The summed E-state index contributed by atoms with van der Waals surface area (Å²) in [5.41, 5.74) is 1.59. The molecule has 0 N–H and O–H groups in total. The molecule has 3 nitrogen and oxygen atoms in total. The van der Waals surface area contributed by atoms with Gasteiger partial charge in [-0.25, -0.2) is 4.39 Å². The smallest absolute Gasteiger partial charge is 0.265 e. The molecular formula is C15H10BrFINO2. The quantitative estimate of drug-likeness (QED) is 0.629. The van der Waals surface area contributed by atoms with Crippen LogP contribution in [0.15, 0.2) is 40.9 Å². The number of halogens is 3. The average molecular weight is 462 g/mol. The van der Waals surface area contributed by atoms with E-state index in [1.54, 1.807) is 17.0 Å². The Morgan fingerprint density at radius 1 is 1.29 bits per heavy atom. The van der Waals surface area contributed by atoms with Gasteiger partial charge < -0.3 is 9.64 Å². The van der Waals surface area contributed by atoms with Crippen molar-refractivity contribution in [3.63, 3.8) is 0 Å². The monoisotopic (exact) mass is 461 g/mol. The minimum absolute atomic E-state index is 0.0233. The lowest BCUT2D eigenvalue weighted by atomic mass is 10.1. The highest BCUT2D eigenvalue weighted by molar-refractivity contribution is 14.1. The van der Waals surface area contributed by atoms with Gasteiger partial charge in [0.1, 0.15) is 11.6 Å². The number of fused-ring (bicyclic) bond motifs is 1. The first-order chi connectivity index (χ1) is 10.0. The fourth-order valence-corrected chi connectivity index (χ4v) is 3.06. The number of carbonyl (C=O) groups excluding carboxylic acids is 1. The van der Waals surface area contributed by atoms with E-state index >= 15 is 0 Å². The average Bonchev–Trinajstić information content (AvgIpc) is 2.46. The Hall–Kier alpha value is -1.15. The lowest BCUT2D eigenvalue weighted by Crippen LogP contribution is -2.38. The second-order valence-corrected chi connectivity index (χ2v) is 6.73. The lowest BCUT2D eigenvalue weighted by molar-refractivity contribution is -0.121. The van der Waals surface area contributed by atoms with Gasteiger partial charge >= 0.3 is 0 Å². The van der Waals surface area contributed by atoms with Gasteiger partial charge in [0.25, 0.3) is 5.91 Å². The van der Waals surface area contributed by atoms with Crippen LogP contribution in [0.25, 0.3) is 0 Å². The number of amides is 1. The maximum absolute atomic E-state index is 13.3. The number of nitrogens with zero attached hydrogens (tertiary/aromatic N) is 1. The highest BCUT2D eigenvalue weighted by Gasteiger charge is 2.25. The van der Waals surface area contributed by atoms with Gasteiger partial charge in [-0.1, -0.05) is 6.07 Å². The van der Waals surface area contributed by atoms with Crippen molar-refractivity contribution < 1.29 is 13.9 Å². The third kappa shape index (κ3) is 3.06. The zero-order chi connectivity index (χ0) is 15.0. The first-order valence-corrected chi connectivity index (χ1v) is 8.08. The molecule has 2 aromatic rings. The van der Waals surface area contributed by atoms with Crippen molar-refractivity contribution in [1.82, 2.24) is 0 Å². The molecule has 0 bridgehead atoms. The predicted octanol–water partition coefficient (Wildman–Crippen LogP) is 4.12. The molecule has 1 aliphatic rings. The van der Waals surface area contributed by atoms with Crippen LogP contribution >= 0.6 is 38.5 Å². The van der Waals surface area contributed by atoms with Crippen molar-refractivity contribution in [3.05, 3.63) is 55.8 Å². The normalized spacial score (nSPS) is 13.9. The van der Waals surface area contributed by atoms with E-state index in [-0.39, 0.29) is 18.3 Å². The van der Waals surface area contributed by atoms with E-state index in [4.69, 9.17) is 4.74 Å². The molecule has 0 atom stereocenters. The maximum atomic E-state index is 13.3. The summed E-state index contributed by atoms with van der Waals surface area (Å²) in [5.74, 6) is 0.272. The van der Waals surface area contributed by atoms with Crippen molar-refractivity contribution in [1.29, 1.82) is 0 Å². The van der Waals surface area contributed by atoms with Gasteiger partial charge in [0, 0.05) is 3.57 Å². The molecule has 0 fully saturated rings. The first-order valence-electron chi connectivity index (χ1n) is 6.21. The summed E-state index contributed by atoms with van der Waals surface area (Å²) in [5, 5.41) is 0. The molecule has 0 unspecified atom stereocenters. The molecular weight excluding hydrogens is 452 g/mol. The molecule has 3 rings (SSSR count). The molecule has 1 heterocycles. The molecule has 6 heteroatoms. The summed E-state index contributed by atoms with van der Waals surface area (Å²) in [6, 6.07) is 10.4. The van der Waals surface area contributed by atoms with Crippen LogP contribution < -0.4 is 9.64 Å². The third-order valence-electron chi connectivity index (χ3n) is 3.19. The van der Waals surface area contributed by atoms with Gasteiger partial charge in [-0.2, -0.15) is 0 Å². The Labute approximate surface area is 143 Å². The minimum atomic E-state index is -0.318. The Morgan fingerprint density at radius 2 is 2.10 bits per heavy atom. The molecule has 1 aliphatic heterocycles. The number of hydrogen-bond acceptors (Lipinski definition) is 2. The summed E-state index contributed by atoms with van der Waals surface area (Å²) >= 11 is 5.36. The molecule has 1 amide bonds. The largest absolute Gasteiger partial charge is 0.482 e. The van der Waals surface area contributed by atoms with Crippen LogP contribution in [0.4, 0.5) is 10.1 Å². The van der Waals surface area contributed by atoms with Crippen molar-refractivity contribution in [3.8, 4) is 5.75 Å². The van der Waals surface area contributed by atoms with Crippen LogP contribution in [-0.4, -0.2) is 12.5 Å². The predicted molar refractivity (Wildman–Crippen MR) is 89.9 cm³/mol. The SMILES string of the molecule is O=C1COc2cc(I)ccc2N1Cc1ccc(F)c(Br)c1. The van der Waals surface area contributed by atoms with Crippen molar-refractivity contribution >= 4 is 50.1 Å². The Balaban J connectivity index is 1.94. The van der Waals surface area contributed by atoms with E-state index in [1.165, 1.54) is 6.07 Å². The molecule has 0 aromatic heterocycles. The lowest BCUT2D eigenvalue weighted by Gasteiger charge is -2.29. The van der Waals surface area contributed by atoms with Crippen LogP contribution in [0.1, 0.15) is 5.56 Å². The molecule has 2 aromatic carbocycles. The summed E-state index contributed by atoms with van der Waals surface area (Å²) in [7, 11) is 0. The fourth-order valence-electron chi connectivity index (χ4n) is 2.17. The molecule has 0 spiro atoms. The van der Waals surface area contributed by atoms with Gasteiger partial charge in [0.05, 0.1) is 16.7 Å². The van der Waals surface area contributed by atoms with Gasteiger partial charge in [0.15, 0.2) is 6.61 Å². The van der Waals surface area contributed by atoms with E-state index in [1.807, 2.05) is 18.2 Å². The van der Waals surface area contributed by atoms with E-state index < -0.39 is 0 Å². The zero-order valence-corrected chi connectivity index (χ0v) is 14.5. The van der Waals surface area contributed by atoms with Crippen LogP contribution in [-0.2, 0) is 11.3 Å². The number of hydrogen-bond donors (Lipinski definition) is 0. The molecule has 0 aliphatic carbocycles. The van der Waals surface area contributed by atoms with E-state index in [0.29, 0.717) is 16.8 Å². The van der Waals surface area contributed by atoms with E-state index in [2.05, 4.69) is 38.5 Å². The summed E-state index contributed by atoms with van der Waals surface area (Å²) < 4.78 is 20.2. The number of ether oxygens (including phenoxy) is 1. The van der Waals surface area contributed by atoms with Crippen LogP contribution in [0, 0.1) is 9.39 Å². The Morgan fingerprint density at radius 3 is 2.86 bits per heavy atom. The van der Waals surface area contributed by atoms with Gasteiger partial charge in [0.2, 0.25) is 0 Å². The standard InChI is InChI=1S/C15H10BrFINO2/c16-11-5-9(1-3-12(11)17)7-19-13-4-2-10(18)6-14(13)21-8-15(19)20/h1-6H,7-8H2.